The van der Waals surface area contributed by atoms with E-state index in [1.165, 1.54) is 5.56 Å². The number of anilines is 1. The fraction of sp³-hybridized carbons (Fsp3) is 0.500. The number of hydrogen-bond acceptors (Lipinski definition) is 3. The van der Waals surface area contributed by atoms with Crippen molar-refractivity contribution in [1.82, 2.24) is 0 Å². The fourth-order valence-corrected chi connectivity index (χ4v) is 2.56. The van der Waals surface area contributed by atoms with E-state index in [0.717, 1.165) is 43.7 Å². The second kappa shape index (κ2) is 5.20. The highest BCUT2D eigenvalue weighted by molar-refractivity contribution is 5.64. The van der Waals surface area contributed by atoms with Crippen molar-refractivity contribution in [2.24, 2.45) is 11.7 Å². The molecule has 90 valence electrons. The Bertz CT molecular complexity index is 426. The second-order valence-electron chi connectivity index (χ2n) is 4.75. The topological polar surface area (TPSA) is 53.0 Å². The van der Waals surface area contributed by atoms with E-state index in [9.17, 15) is 5.26 Å². The molecule has 0 amide bonds. The van der Waals surface area contributed by atoms with E-state index in [-0.39, 0.29) is 0 Å². The van der Waals surface area contributed by atoms with Crippen LogP contribution in [-0.4, -0.2) is 19.6 Å². The lowest BCUT2D eigenvalue weighted by atomic mass is 9.95. The van der Waals surface area contributed by atoms with E-state index >= 15 is 0 Å². The quantitative estimate of drug-likeness (QED) is 0.844. The number of rotatable bonds is 2. The fourth-order valence-electron chi connectivity index (χ4n) is 2.56. The highest BCUT2D eigenvalue weighted by Gasteiger charge is 2.21. The summed E-state index contributed by atoms with van der Waals surface area (Å²) in [6.07, 6.45) is 2.27. The summed E-state index contributed by atoms with van der Waals surface area (Å²) in [5.41, 5.74) is 8.80. The van der Waals surface area contributed by atoms with Gasteiger partial charge in [0.2, 0.25) is 0 Å². The third-order valence-corrected chi connectivity index (χ3v) is 3.62. The van der Waals surface area contributed by atoms with Gasteiger partial charge in [-0.2, -0.15) is 5.26 Å². The van der Waals surface area contributed by atoms with Crippen LogP contribution in [0.15, 0.2) is 18.2 Å². The van der Waals surface area contributed by atoms with Gasteiger partial charge in [0.15, 0.2) is 0 Å². The van der Waals surface area contributed by atoms with Crippen LogP contribution in [-0.2, 0) is 0 Å². The minimum atomic E-state index is 0.654. The van der Waals surface area contributed by atoms with Crippen LogP contribution in [0.25, 0.3) is 0 Å². The minimum Gasteiger partial charge on any atom is -0.370 e. The number of benzene rings is 1. The summed E-state index contributed by atoms with van der Waals surface area (Å²) in [7, 11) is 0. The Morgan fingerprint density at radius 1 is 1.41 bits per heavy atom. The van der Waals surface area contributed by atoms with Gasteiger partial charge in [0.25, 0.3) is 0 Å². The summed E-state index contributed by atoms with van der Waals surface area (Å²) in [5.74, 6) is 0.654. The first kappa shape index (κ1) is 11.9. The molecule has 1 heterocycles. The second-order valence-corrected chi connectivity index (χ2v) is 4.75. The Balaban J connectivity index is 2.21. The molecule has 0 spiro atoms. The van der Waals surface area contributed by atoms with E-state index in [1.54, 1.807) is 0 Å². The molecule has 0 aliphatic carbocycles. The van der Waals surface area contributed by atoms with Gasteiger partial charge >= 0.3 is 0 Å². The molecule has 0 atom stereocenters. The lowest BCUT2D eigenvalue weighted by Gasteiger charge is -2.34. The zero-order chi connectivity index (χ0) is 12.3. The van der Waals surface area contributed by atoms with Gasteiger partial charge in [0.05, 0.1) is 11.3 Å². The van der Waals surface area contributed by atoms with Gasteiger partial charge in [-0.1, -0.05) is 12.1 Å². The van der Waals surface area contributed by atoms with E-state index < -0.39 is 0 Å². The van der Waals surface area contributed by atoms with Gasteiger partial charge < -0.3 is 10.6 Å². The molecule has 1 aromatic rings. The average molecular weight is 229 g/mol. The summed E-state index contributed by atoms with van der Waals surface area (Å²) >= 11 is 0. The Hall–Kier alpha value is -1.53. The Morgan fingerprint density at radius 3 is 2.71 bits per heavy atom. The van der Waals surface area contributed by atoms with Crippen LogP contribution in [0.5, 0.6) is 0 Å². The van der Waals surface area contributed by atoms with Crippen LogP contribution in [0.3, 0.4) is 0 Å². The third kappa shape index (κ3) is 2.42. The van der Waals surface area contributed by atoms with Crippen LogP contribution in [0.4, 0.5) is 5.69 Å². The van der Waals surface area contributed by atoms with Crippen molar-refractivity contribution < 1.29 is 0 Å². The highest BCUT2D eigenvalue weighted by atomic mass is 15.1. The molecule has 1 aliphatic heterocycles. The monoisotopic (exact) mass is 229 g/mol. The normalized spacial score (nSPS) is 16.9. The minimum absolute atomic E-state index is 0.654. The Morgan fingerprint density at radius 2 is 2.12 bits per heavy atom. The van der Waals surface area contributed by atoms with E-state index in [2.05, 4.69) is 24.0 Å². The van der Waals surface area contributed by atoms with Crippen LogP contribution >= 0.6 is 0 Å². The maximum atomic E-state index is 9.18. The van der Waals surface area contributed by atoms with Crippen molar-refractivity contribution in [2.75, 3.05) is 24.5 Å². The summed E-state index contributed by atoms with van der Waals surface area (Å²) in [6.45, 7) is 4.89. The van der Waals surface area contributed by atoms with Gasteiger partial charge in [-0.25, -0.2) is 0 Å². The van der Waals surface area contributed by atoms with Crippen LogP contribution in [0.2, 0.25) is 0 Å². The predicted molar refractivity (Wildman–Crippen MR) is 69.9 cm³/mol. The molecular formula is C14H19N3. The average Bonchev–Trinajstić information content (AvgIpc) is 2.38. The number of aryl methyl sites for hydroxylation is 1. The molecule has 1 aromatic carbocycles. The van der Waals surface area contributed by atoms with Crippen molar-refractivity contribution in [3.8, 4) is 6.07 Å². The largest absolute Gasteiger partial charge is 0.370 e. The molecule has 0 saturated carbocycles. The van der Waals surface area contributed by atoms with Gasteiger partial charge in [0, 0.05) is 13.1 Å². The molecule has 0 aromatic heterocycles. The molecule has 17 heavy (non-hydrogen) atoms. The summed E-state index contributed by atoms with van der Waals surface area (Å²) in [4.78, 5) is 2.33. The molecule has 0 radical (unpaired) electrons. The maximum absolute atomic E-state index is 9.18. The number of nitrogens with zero attached hydrogens (tertiary/aromatic N) is 2. The molecule has 0 unspecified atom stereocenters. The molecule has 0 bridgehead atoms. The number of hydrogen-bond donors (Lipinski definition) is 1. The lowest BCUT2D eigenvalue weighted by Crippen LogP contribution is -2.36. The molecule has 2 N–H and O–H groups in total. The lowest BCUT2D eigenvalue weighted by molar-refractivity contribution is 0.414. The summed E-state index contributed by atoms with van der Waals surface area (Å²) in [5, 5.41) is 9.18. The first-order chi connectivity index (χ1) is 8.26. The number of para-hydroxylation sites is 1. The smallest absolute Gasteiger partial charge is 0.101 e. The first-order valence-corrected chi connectivity index (χ1v) is 6.21. The molecule has 3 nitrogen and oxygen atoms in total. The van der Waals surface area contributed by atoms with Crippen molar-refractivity contribution >= 4 is 5.69 Å². The highest BCUT2D eigenvalue weighted by Crippen LogP contribution is 2.28. The van der Waals surface area contributed by atoms with Crippen molar-refractivity contribution in [2.45, 2.75) is 19.8 Å². The predicted octanol–water partition coefficient (Wildman–Crippen LogP) is 2.04. The van der Waals surface area contributed by atoms with Gasteiger partial charge in [-0.15, -0.1) is 0 Å². The standard InChI is InChI=1S/C14H19N3/c1-11-3-2-4-13(10-16)14(11)17-7-5-12(9-15)6-8-17/h2-4,12H,5-9,15H2,1H3. The summed E-state index contributed by atoms with van der Waals surface area (Å²) < 4.78 is 0. The SMILES string of the molecule is Cc1cccc(C#N)c1N1CCC(CN)CC1. The first-order valence-electron chi connectivity index (χ1n) is 6.21. The van der Waals surface area contributed by atoms with Crippen LogP contribution < -0.4 is 10.6 Å². The molecule has 3 heteroatoms. The Labute approximate surface area is 103 Å². The zero-order valence-corrected chi connectivity index (χ0v) is 10.3. The molecule has 1 aliphatic rings. The molecule has 2 rings (SSSR count). The number of nitrogens with two attached hydrogens (primary N) is 1. The van der Waals surface area contributed by atoms with Gasteiger partial charge in [-0.3, -0.25) is 0 Å². The van der Waals surface area contributed by atoms with Gasteiger partial charge in [-0.05, 0) is 43.9 Å². The Kier molecular flexibility index (Phi) is 3.65. The molecule has 1 fully saturated rings. The van der Waals surface area contributed by atoms with Crippen molar-refractivity contribution in [3.05, 3.63) is 29.3 Å². The third-order valence-electron chi connectivity index (χ3n) is 3.62. The van der Waals surface area contributed by atoms with E-state index in [1.807, 2.05) is 12.1 Å². The van der Waals surface area contributed by atoms with Crippen LogP contribution in [0.1, 0.15) is 24.0 Å². The number of nitriles is 1. The van der Waals surface area contributed by atoms with E-state index in [0.29, 0.717) is 5.92 Å². The van der Waals surface area contributed by atoms with Crippen LogP contribution in [0, 0.1) is 24.2 Å². The number of piperidine rings is 1. The van der Waals surface area contributed by atoms with Crippen molar-refractivity contribution in [3.63, 3.8) is 0 Å². The summed E-state index contributed by atoms with van der Waals surface area (Å²) in [6, 6.07) is 8.22. The van der Waals surface area contributed by atoms with Gasteiger partial charge in [0.1, 0.15) is 6.07 Å². The van der Waals surface area contributed by atoms with Crippen molar-refractivity contribution in [1.29, 1.82) is 5.26 Å². The van der Waals surface area contributed by atoms with E-state index in [4.69, 9.17) is 5.73 Å². The molecule has 1 saturated heterocycles. The zero-order valence-electron chi connectivity index (χ0n) is 10.3. The molecular weight excluding hydrogens is 210 g/mol. The maximum Gasteiger partial charge on any atom is 0.101 e.